The number of aromatic nitrogens is 8. The van der Waals surface area contributed by atoms with E-state index in [-0.39, 0.29) is 95.7 Å². The van der Waals surface area contributed by atoms with Gasteiger partial charge in [0.05, 0.1) is 83.8 Å². The molecule has 1 aliphatic carbocycles. The summed E-state index contributed by atoms with van der Waals surface area (Å²) in [6.07, 6.45) is -1.30. The van der Waals surface area contributed by atoms with Gasteiger partial charge in [0.15, 0.2) is 114 Å². The van der Waals surface area contributed by atoms with Gasteiger partial charge in [0.25, 0.3) is 23.6 Å². The number of ketones is 4. The van der Waals surface area contributed by atoms with Crippen LogP contribution >= 0.6 is 45.3 Å². The van der Waals surface area contributed by atoms with E-state index >= 15 is 0 Å². The number of Topliss-reactive ketones (excluding diaryl/α,β-unsaturated/α-hetero) is 4. The fraction of sp³-hybridized carbons (Fsp3) is 0.395. The average molecular weight is 2210 g/mol. The van der Waals surface area contributed by atoms with Crippen LogP contribution in [-0.4, -0.2) is 269 Å². The molecule has 0 radical (unpaired) electrons. The number of aromatic hydroxyl groups is 4. The maximum atomic E-state index is 13.3. The Labute approximate surface area is 835 Å². The van der Waals surface area contributed by atoms with Crippen LogP contribution in [0.5, 0.6) is 23.0 Å². The van der Waals surface area contributed by atoms with Gasteiger partial charge < -0.3 is 93.4 Å². The van der Waals surface area contributed by atoms with E-state index in [0.717, 1.165) is 94.3 Å². The molecule has 0 spiro atoms. The number of carbonyl (C=O) groups excluding carboxylic acids is 8. The zero-order chi connectivity index (χ0) is 109. The molecule has 5 aliphatic rings. The lowest BCUT2D eigenvalue weighted by atomic mass is 9.74. The van der Waals surface area contributed by atoms with E-state index in [0.29, 0.717) is 58.2 Å². The maximum absolute atomic E-state index is 13.3. The largest absolute Gasteiger partial charge is 0.503 e. The van der Waals surface area contributed by atoms with Crippen LogP contribution in [-0.2, 0) is 121 Å². The molecule has 62 nitrogen and oxygen atoms in total. The molecule has 12 heterocycles. The second-order valence-corrected chi connectivity index (χ2v) is 41.1. The molecule has 4 unspecified atom stereocenters. The summed E-state index contributed by atoms with van der Waals surface area (Å²) in [6, 6.07) is 3.54. The number of nitrogens with zero attached hydrogens (tertiary/aromatic N) is 16. The lowest BCUT2D eigenvalue weighted by Crippen LogP contribution is -2.68. The van der Waals surface area contributed by atoms with Crippen molar-refractivity contribution in [2.75, 3.05) is 43.3 Å². The van der Waals surface area contributed by atoms with Crippen molar-refractivity contribution in [2.45, 2.75) is 140 Å². The van der Waals surface area contributed by atoms with Gasteiger partial charge in [-0.3, -0.25) is 75.7 Å². The summed E-state index contributed by atoms with van der Waals surface area (Å²) in [6.45, 7) is 13.9. The number of nitrogen functional groups attached to an aromatic ring is 4. The molecule has 8 aromatic heterocycles. The molecule has 21 N–H and O–H groups in total. The first-order valence-electron chi connectivity index (χ1n) is 40.9. The van der Waals surface area contributed by atoms with Gasteiger partial charge in [-0.2, -0.15) is 72.8 Å². The summed E-state index contributed by atoms with van der Waals surface area (Å²) in [5.41, 5.74) is 12.2. The second kappa shape index (κ2) is 44.2. The number of hydrogen-bond acceptors (Lipinski definition) is 54. The molecule has 4 saturated heterocycles. The van der Waals surface area contributed by atoms with Crippen molar-refractivity contribution < 1.29 is 178 Å². The molecular weight excluding hydrogens is 2120 g/mol. The minimum Gasteiger partial charge on any atom is -0.503 e. The summed E-state index contributed by atoms with van der Waals surface area (Å²) in [4.78, 5) is 187. The van der Waals surface area contributed by atoms with Gasteiger partial charge in [-0.05, 0) is 74.3 Å². The molecule has 4 amide bonds. The van der Waals surface area contributed by atoms with Gasteiger partial charge in [0.1, 0.15) is 45.6 Å². The predicted molar refractivity (Wildman–Crippen MR) is 494 cm³/mol. The number of carbonyl (C=O) groups is 8. The highest BCUT2D eigenvalue weighted by Gasteiger charge is 2.62. The Kier molecular flexibility index (Phi) is 34.4. The molecule has 8 aromatic rings. The van der Waals surface area contributed by atoms with E-state index in [2.05, 4.69) is 64.3 Å². The standard InChI is InChI=1S/C20H23N5O10S2.C19H23N5O11S2.C19H21N5O10S2.C18H21N5O11S2/c1-20(2)10(18(29)25(20)35-37(31,32)33)5-14(27)16(11-8-36-19(21)22-11)23-34-17(9-3-4-9)12-6-13(26)15(28)7-24(12)30;1-19(2)9(17(28)24(19)35-37(30,31)32)4-13(26)16(10-8-36-18(20)21-10)22-34-15(7-33-3)11-5-12(25)14(27)6-23(11)29;1-4-15(11-6-12(25)14(27)7-23(11)29)33-22-16(10-8-35-18(20)21-10)13(26)5-9-17(28)24(19(9,2)3)34-36(30,31)32;1-18(2)8(16(28)23(18)34-36(30,31)32)3-12(26)15(9-7-35-17(19)20-9)21-33-14(6-24)10-4-11(25)13(27)5-22(10)29/h6-10,17,28,30H,3-5H2,1-2H3,(H2,21,22)(H,31,32,33);5-6,8-9,15,27,29H,4,7H2,1-3H3,(H2,20,21)(H,30,31,32);4,6-9,15,27,29H,1,5H2,2-3H3,(H2,20,21)(H,30,31,32);4-5,7-8,14,24,27,29H,3,6H2,1-2H3,(H2,19,20)(H,30,31,32)/b23-16-;2*22-16-;21-15-/t10-,17?;2*9-,15?;8-,14?/m1111/s1. The van der Waals surface area contributed by atoms with Crippen molar-refractivity contribution in [3.05, 3.63) is 170 Å². The Hall–Kier alpha value is -14.5. The Morgan fingerprint density at radius 1 is 0.425 bits per heavy atom. The van der Waals surface area contributed by atoms with Crippen LogP contribution in [0.2, 0.25) is 0 Å². The zero-order valence-corrected chi connectivity index (χ0v) is 83.0. The fourth-order valence-corrected chi connectivity index (χ4v) is 18.1. The zero-order valence-electron chi connectivity index (χ0n) is 76.4. The number of pyridine rings is 4. The predicted octanol–water partition coefficient (Wildman–Crippen LogP) is 0.125. The van der Waals surface area contributed by atoms with Crippen molar-refractivity contribution >= 4 is 177 Å². The van der Waals surface area contributed by atoms with E-state index in [1.54, 1.807) is 0 Å². The van der Waals surface area contributed by atoms with E-state index < -0.39 is 241 Å². The number of thiazole rings is 4. The molecule has 792 valence electrons. The SMILES string of the molecule is C=CC(O/N=C(\C(=O)C[C@@H]1C(=O)N(OS(=O)(=O)O)C1(C)C)c1csc(N)n1)c1cc(=O)c(O)cn1O.CC1(C)[C@H](CC(=O)/C(=N\OC(CO)c2cc(=O)c(O)cn2O)c2csc(N)n2)C(=O)N1OS(=O)(=O)O.CC1(C)[C@H](CC(=O)/C(=N\OC(c2cc(=O)c(O)cn2O)C2CC2)c2csc(N)n2)C(=O)N1OS(=O)(=O)O.COCC(O/N=C(\C(=O)C[C@@H]1C(=O)N(OS(=O)(=O)O)C1(C)C)c1csc(N)n1)c1cc(=O)c(O)cn1O. The third kappa shape index (κ3) is 26.6. The maximum Gasteiger partial charge on any atom is 0.418 e. The Morgan fingerprint density at radius 2 is 0.671 bits per heavy atom. The number of rotatable bonds is 41. The lowest BCUT2D eigenvalue weighted by molar-refractivity contribution is -0.228. The highest BCUT2D eigenvalue weighted by Crippen LogP contribution is 2.47. The molecule has 4 aliphatic heterocycles. The smallest absolute Gasteiger partial charge is 0.418 e. The highest BCUT2D eigenvalue weighted by atomic mass is 32.3. The molecular formula is C76H88N20O42S8. The molecule has 0 aromatic carbocycles. The number of methoxy groups -OCH3 is 1. The van der Waals surface area contributed by atoms with Crippen molar-refractivity contribution in [3.8, 4) is 23.0 Å². The van der Waals surface area contributed by atoms with Crippen LogP contribution in [0.25, 0.3) is 0 Å². The summed E-state index contributed by atoms with van der Waals surface area (Å²) in [7, 11) is -18.6. The topological polar surface area (TPSA) is 925 Å². The van der Waals surface area contributed by atoms with Gasteiger partial charge in [-0.25, -0.2) is 19.9 Å². The van der Waals surface area contributed by atoms with Crippen LogP contribution in [0.3, 0.4) is 0 Å². The normalized spacial score (nSPS) is 18.9. The summed E-state index contributed by atoms with van der Waals surface area (Å²) in [5.74, 6) is -13.7. The van der Waals surface area contributed by atoms with Gasteiger partial charge in [-0.15, -0.1) is 62.5 Å². The average Bonchev–Trinajstić information content (AvgIpc) is 1.04. The van der Waals surface area contributed by atoms with Gasteiger partial charge in [-0.1, -0.05) is 27.2 Å². The quantitative estimate of drug-likeness (QED) is 0.00604. The summed E-state index contributed by atoms with van der Waals surface area (Å²) >= 11 is 3.98. The molecule has 0 bridgehead atoms. The number of hydroxylamine groups is 8. The number of aliphatic hydroxyl groups is 1. The van der Waals surface area contributed by atoms with E-state index in [1.165, 1.54) is 84.0 Å². The summed E-state index contributed by atoms with van der Waals surface area (Å²) < 4.78 is 148. The third-order valence-corrected chi connectivity index (χ3v) is 26.1. The summed E-state index contributed by atoms with van der Waals surface area (Å²) in [5, 5.41) is 111. The number of β-lactam (4-membered cyclic amide) rings is 4. The Morgan fingerprint density at radius 3 is 0.918 bits per heavy atom. The van der Waals surface area contributed by atoms with E-state index in [4.69, 9.17) is 65.2 Å². The van der Waals surface area contributed by atoms with Crippen LogP contribution < -0.4 is 44.6 Å². The van der Waals surface area contributed by atoms with Crippen molar-refractivity contribution in [1.29, 1.82) is 0 Å². The van der Waals surface area contributed by atoms with Crippen LogP contribution in [0.1, 0.15) is 164 Å². The number of hydrogen-bond donors (Lipinski definition) is 17. The minimum atomic E-state index is -4.98. The van der Waals surface area contributed by atoms with Crippen molar-refractivity contribution in [2.24, 2.45) is 50.2 Å². The fourth-order valence-electron chi connectivity index (χ4n) is 14.1. The van der Waals surface area contributed by atoms with E-state index in [9.17, 15) is 138 Å². The molecule has 5 fully saturated rings. The Bertz CT molecular complexity index is 7340. The third-order valence-electron chi connectivity index (χ3n) is 22.1. The number of anilines is 4. The lowest BCUT2D eigenvalue weighted by Gasteiger charge is -2.50. The second-order valence-electron chi connectivity index (χ2n) is 33.5. The first-order chi connectivity index (χ1) is 67.6. The number of oxime groups is 4. The van der Waals surface area contributed by atoms with Gasteiger partial charge in [0, 0.05) is 84.5 Å². The van der Waals surface area contributed by atoms with Gasteiger partial charge in [0.2, 0.25) is 21.7 Å². The number of ether oxygens (including phenoxy) is 1. The van der Waals surface area contributed by atoms with Crippen LogP contribution in [0.15, 0.2) is 123 Å². The van der Waals surface area contributed by atoms with Crippen molar-refractivity contribution in [3.63, 3.8) is 0 Å². The monoisotopic (exact) mass is 2210 g/mol. The number of amides is 4. The Balaban J connectivity index is 0.000000199. The van der Waals surface area contributed by atoms with Crippen molar-refractivity contribution in [1.82, 2.24) is 59.1 Å². The first kappa shape index (κ1) is 113. The first-order valence-corrected chi connectivity index (χ1v) is 49.9. The highest BCUT2D eigenvalue weighted by molar-refractivity contribution is 7.81. The number of aliphatic hydroxyl groups excluding tert-OH is 1. The molecule has 8 atom stereocenters. The molecule has 146 heavy (non-hydrogen) atoms. The van der Waals surface area contributed by atoms with Crippen LogP contribution in [0.4, 0.5) is 20.5 Å². The van der Waals surface area contributed by atoms with E-state index in [1.807, 2.05) is 0 Å². The number of nitrogens with two attached hydrogens (primary N) is 4. The van der Waals surface area contributed by atoms with Gasteiger partial charge >= 0.3 is 41.6 Å². The van der Waals surface area contributed by atoms with Crippen LogP contribution in [0, 0.1) is 29.6 Å². The minimum absolute atomic E-state index is 0.00591. The molecule has 1 saturated carbocycles. The molecule has 70 heteroatoms. The molecule has 13 rings (SSSR count).